The SMILES string of the molecule is CCOC(=O)CC(B1OC(C)(C)C(C)(C)O1)c1cccc(C)n1. The average Bonchev–Trinajstić information content (AvgIpc) is 2.65. The van der Waals surface area contributed by atoms with Gasteiger partial charge < -0.3 is 14.0 Å². The molecule has 1 fully saturated rings. The fourth-order valence-corrected chi connectivity index (χ4v) is 2.56. The molecule has 1 unspecified atom stereocenters. The predicted molar refractivity (Wildman–Crippen MR) is 89.0 cm³/mol. The van der Waals surface area contributed by atoms with Gasteiger partial charge in [0.25, 0.3) is 0 Å². The quantitative estimate of drug-likeness (QED) is 0.617. The van der Waals surface area contributed by atoms with Gasteiger partial charge in [0.1, 0.15) is 0 Å². The number of rotatable bonds is 5. The lowest BCUT2D eigenvalue weighted by atomic mass is 9.68. The zero-order chi connectivity index (χ0) is 17.3. The molecular formula is C17H26BNO4. The molecule has 0 aliphatic carbocycles. The normalized spacial score (nSPS) is 20.3. The van der Waals surface area contributed by atoms with E-state index in [-0.39, 0.29) is 18.2 Å². The van der Waals surface area contributed by atoms with Gasteiger partial charge in [0.15, 0.2) is 0 Å². The van der Waals surface area contributed by atoms with Crippen LogP contribution >= 0.6 is 0 Å². The highest BCUT2D eigenvalue weighted by atomic mass is 16.7. The topological polar surface area (TPSA) is 57.7 Å². The van der Waals surface area contributed by atoms with Crippen LogP contribution in [0.5, 0.6) is 0 Å². The lowest BCUT2D eigenvalue weighted by molar-refractivity contribution is -0.143. The second-order valence-corrected chi connectivity index (χ2v) is 6.94. The van der Waals surface area contributed by atoms with Gasteiger partial charge in [-0.2, -0.15) is 0 Å². The molecule has 0 amide bonds. The zero-order valence-electron chi connectivity index (χ0n) is 14.9. The van der Waals surface area contributed by atoms with Crippen molar-refractivity contribution in [3.8, 4) is 0 Å². The minimum absolute atomic E-state index is 0.182. The molecule has 0 spiro atoms. The molecule has 23 heavy (non-hydrogen) atoms. The Hall–Kier alpha value is -1.40. The molecule has 1 saturated heterocycles. The van der Waals surface area contributed by atoms with E-state index in [4.69, 9.17) is 14.0 Å². The van der Waals surface area contributed by atoms with Gasteiger partial charge in [-0.25, -0.2) is 0 Å². The van der Waals surface area contributed by atoms with Crippen LogP contribution in [-0.2, 0) is 18.8 Å². The van der Waals surface area contributed by atoms with E-state index in [1.165, 1.54) is 0 Å². The molecule has 6 heteroatoms. The van der Waals surface area contributed by atoms with Crippen molar-refractivity contribution in [3.05, 3.63) is 29.6 Å². The highest BCUT2D eigenvalue weighted by Gasteiger charge is 2.54. The van der Waals surface area contributed by atoms with Crippen molar-refractivity contribution in [3.63, 3.8) is 0 Å². The van der Waals surface area contributed by atoms with Gasteiger partial charge in [-0.05, 0) is 53.7 Å². The Balaban J connectivity index is 2.29. The van der Waals surface area contributed by atoms with E-state index in [9.17, 15) is 4.79 Å². The molecular weight excluding hydrogens is 293 g/mol. The number of hydrogen-bond donors (Lipinski definition) is 0. The van der Waals surface area contributed by atoms with E-state index in [0.717, 1.165) is 11.4 Å². The second-order valence-electron chi connectivity index (χ2n) is 6.94. The molecule has 126 valence electrons. The lowest BCUT2D eigenvalue weighted by Gasteiger charge is -2.32. The van der Waals surface area contributed by atoms with E-state index in [0.29, 0.717) is 6.61 Å². The first-order chi connectivity index (χ1) is 10.7. The van der Waals surface area contributed by atoms with Gasteiger partial charge in [0, 0.05) is 17.2 Å². The lowest BCUT2D eigenvalue weighted by Crippen LogP contribution is -2.41. The average molecular weight is 319 g/mol. The standard InChI is InChI=1S/C17H26BNO4/c1-7-21-15(20)11-13(14-10-8-9-12(2)19-14)18-22-16(3,4)17(5,6)23-18/h8-10,13H,7,11H2,1-6H3. The molecule has 1 aromatic heterocycles. The number of carbonyl (C=O) groups excluding carboxylic acids is 1. The first-order valence-electron chi connectivity index (χ1n) is 8.11. The third kappa shape index (κ3) is 3.93. The van der Waals surface area contributed by atoms with Crippen LogP contribution in [0.25, 0.3) is 0 Å². The molecule has 1 aliphatic rings. The van der Waals surface area contributed by atoms with Crippen molar-refractivity contribution in [2.75, 3.05) is 6.61 Å². The third-order valence-corrected chi connectivity index (χ3v) is 4.58. The molecule has 1 aliphatic heterocycles. The molecule has 5 nitrogen and oxygen atoms in total. The summed E-state index contributed by atoms with van der Waals surface area (Å²) in [6, 6.07) is 5.76. The van der Waals surface area contributed by atoms with Gasteiger partial charge in [-0.15, -0.1) is 0 Å². The summed E-state index contributed by atoms with van der Waals surface area (Å²) in [5.41, 5.74) is 0.785. The van der Waals surface area contributed by atoms with Crippen LogP contribution in [0, 0.1) is 6.92 Å². The molecule has 0 radical (unpaired) electrons. The number of ether oxygens (including phenoxy) is 1. The smallest absolute Gasteiger partial charge is 0.466 e. The van der Waals surface area contributed by atoms with Crippen molar-refractivity contribution in [1.29, 1.82) is 0 Å². The zero-order valence-corrected chi connectivity index (χ0v) is 14.9. The van der Waals surface area contributed by atoms with E-state index in [2.05, 4.69) is 4.98 Å². The molecule has 2 heterocycles. The Labute approximate surface area is 138 Å². The Morgan fingerprint density at radius 1 is 1.26 bits per heavy atom. The minimum Gasteiger partial charge on any atom is -0.466 e. The first-order valence-corrected chi connectivity index (χ1v) is 8.11. The largest absolute Gasteiger partial charge is 0.468 e. The summed E-state index contributed by atoms with van der Waals surface area (Å²) >= 11 is 0. The molecule has 0 bridgehead atoms. The van der Waals surface area contributed by atoms with Gasteiger partial charge in [-0.1, -0.05) is 6.07 Å². The van der Waals surface area contributed by atoms with E-state index in [1.807, 2.05) is 52.8 Å². The monoisotopic (exact) mass is 319 g/mol. The van der Waals surface area contributed by atoms with Crippen LogP contribution in [0.4, 0.5) is 0 Å². The fourth-order valence-electron chi connectivity index (χ4n) is 2.56. The maximum absolute atomic E-state index is 12.0. The number of pyridine rings is 1. The van der Waals surface area contributed by atoms with Gasteiger partial charge in [0.2, 0.25) is 0 Å². The second kappa shape index (κ2) is 6.61. The summed E-state index contributed by atoms with van der Waals surface area (Å²) in [6.45, 7) is 12.1. The first kappa shape index (κ1) is 18.0. The molecule has 2 rings (SSSR count). The predicted octanol–water partition coefficient (Wildman–Crippen LogP) is 3.06. The van der Waals surface area contributed by atoms with E-state index < -0.39 is 18.3 Å². The number of hydrogen-bond acceptors (Lipinski definition) is 5. The Kier molecular flexibility index (Phi) is 5.16. The van der Waals surface area contributed by atoms with Crippen molar-refractivity contribution in [2.45, 2.75) is 65.0 Å². The summed E-state index contributed by atoms with van der Waals surface area (Å²) in [6.07, 6.45) is 0.182. The van der Waals surface area contributed by atoms with Gasteiger partial charge in [0.05, 0.1) is 24.2 Å². The maximum Gasteiger partial charge on any atom is 0.468 e. The number of carbonyl (C=O) groups is 1. The Morgan fingerprint density at radius 2 is 1.87 bits per heavy atom. The van der Waals surface area contributed by atoms with Crippen LogP contribution in [0.15, 0.2) is 18.2 Å². The van der Waals surface area contributed by atoms with Gasteiger partial charge in [-0.3, -0.25) is 9.78 Å². The van der Waals surface area contributed by atoms with Gasteiger partial charge >= 0.3 is 13.1 Å². The molecule has 1 atom stereocenters. The van der Waals surface area contributed by atoms with Crippen LogP contribution < -0.4 is 0 Å². The number of aryl methyl sites for hydroxylation is 1. The van der Waals surface area contributed by atoms with Crippen molar-refractivity contribution >= 4 is 13.1 Å². The Morgan fingerprint density at radius 3 is 2.39 bits per heavy atom. The molecule has 0 aromatic carbocycles. The third-order valence-electron chi connectivity index (χ3n) is 4.58. The van der Waals surface area contributed by atoms with Crippen molar-refractivity contribution in [1.82, 2.24) is 4.98 Å². The number of aromatic nitrogens is 1. The highest BCUT2D eigenvalue weighted by Crippen LogP contribution is 2.41. The summed E-state index contributed by atoms with van der Waals surface area (Å²) < 4.78 is 17.4. The summed E-state index contributed by atoms with van der Waals surface area (Å²) in [5.74, 6) is -0.564. The minimum atomic E-state index is -0.529. The molecule has 0 N–H and O–H groups in total. The van der Waals surface area contributed by atoms with E-state index >= 15 is 0 Å². The fraction of sp³-hybridized carbons (Fsp3) is 0.647. The molecule has 1 aromatic rings. The van der Waals surface area contributed by atoms with Crippen molar-refractivity contribution < 1.29 is 18.8 Å². The van der Waals surface area contributed by atoms with E-state index in [1.54, 1.807) is 6.92 Å². The highest BCUT2D eigenvalue weighted by molar-refractivity contribution is 6.48. The van der Waals surface area contributed by atoms with Crippen LogP contribution in [0.3, 0.4) is 0 Å². The van der Waals surface area contributed by atoms with Crippen LogP contribution in [-0.4, -0.2) is 35.9 Å². The summed E-state index contributed by atoms with van der Waals surface area (Å²) in [4.78, 5) is 16.6. The number of nitrogens with zero attached hydrogens (tertiary/aromatic N) is 1. The van der Waals surface area contributed by atoms with Crippen molar-refractivity contribution in [2.24, 2.45) is 0 Å². The summed E-state index contributed by atoms with van der Waals surface area (Å²) in [5, 5.41) is 0. The maximum atomic E-state index is 12.0. The summed E-state index contributed by atoms with van der Waals surface area (Å²) in [7, 11) is -0.529. The Bertz CT molecular complexity index is 557. The number of esters is 1. The van der Waals surface area contributed by atoms with Crippen LogP contribution in [0.1, 0.15) is 58.2 Å². The molecule has 0 saturated carbocycles. The van der Waals surface area contributed by atoms with Crippen LogP contribution in [0.2, 0.25) is 0 Å².